The summed E-state index contributed by atoms with van der Waals surface area (Å²) < 4.78 is 20.5. The van der Waals surface area contributed by atoms with Crippen molar-refractivity contribution in [1.29, 1.82) is 0 Å². The molecule has 0 saturated carbocycles. The van der Waals surface area contributed by atoms with Crippen molar-refractivity contribution in [3.05, 3.63) is 46.3 Å². The van der Waals surface area contributed by atoms with E-state index in [9.17, 15) is 14.5 Å². The third kappa shape index (κ3) is 2.68. The second-order valence-corrected chi connectivity index (χ2v) is 4.07. The van der Waals surface area contributed by atoms with Crippen LogP contribution in [-0.2, 0) is 13.6 Å². The highest BCUT2D eigenvalue weighted by molar-refractivity contribution is 5.59. The number of anilines is 1. The molecule has 2 aromatic rings. The van der Waals surface area contributed by atoms with Crippen molar-refractivity contribution in [1.82, 2.24) is 9.55 Å². The van der Waals surface area contributed by atoms with Gasteiger partial charge in [0.2, 0.25) is 0 Å². The second kappa shape index (κ2) is 5.55. The van der Waals surface area contributed by atoms with Crippen LogP contribution in [-0.4, -0.2) is 21.6 Å². The zero-order chi connectivity index (χ0) is 14.7. The number of ether oxygens (including phenoxy) is 1. The van der Waals surface area contributed by atoms with E-state index in [-0.39, 0.29) is 11.4 Å². The molecule has 7 nitrogen and oxygen atoms in total. The van der Waals surface area contributed by atoms with Crippen molar-refractivity contribution >= 4 is 11.4 Å². The fourth-order valence-electron chi connectivity index (χ4n) is 1.73. The molecular formula is C12H13FN4O3. The van der Waals surface area contributed by atoms with E-state index in [1.807, 2.05) is 7.05 Å². The molecule has 1 N–H and O–H groups in total. The van der Waals surface area contributed by atoms with Crippen molar-refractivity contribution in [2.45, 2.75) is 6.54 Å². The number of aryl methyl sites for hydroxylation is 1. The molecule has 0 spiro atoms. The number of nitrogens with zero attached hydrogens (tertiary/aromatic N) is 3. The number of hydrogen-bond acceptors (Lipinski definition) is 5. The predicted molar refractivity (Wildman–Crippen MR) is 70.1 cm³/mol. The first-order valence-corrected chi connectivity index (χ1v) is 5.75. The Hall–Kier alpha value is -2.64. The average Bonchev–Trinajstić information content (AvgIpc) is 2.82. The quantitative estimate of drug-likeness (QED) is 0.669. The van der Waals surface area contributed by atoms with E-state index in [2.05, 4.69) is 10.3 Å². The lowest BCUT2D eigenvalue weighted by Crippen LogP contribution is -2.07. The number of benzene rings is 1. The molecule has 8 heteroatoms. The summed E-state index contributed by atoms with van der Waals surface area (Å²) in [5.74, 6) is -0.00725. The first-order chi connectivity index (χ1) is 9.52. The van der Waals surface area contributed by atoms with Crippen LogP contribution in [0.4, 0.5) is 15.8 Å². The average molecular weight is 280 g/mol. The number of hydrogen-bond donors (Lipinski definition) is 1. The first kappa shape index (κ1) is 13.8. The van der Waals surface area contributed by atoms with Crippen LogP contribution >= 0.6 is 0 Å². The number of imidazole rings is 1. The van der Waals surface area contributed by atoms with E-state index < -0.39 is 16.4 Å². The van der Waals surface area contributed by atoms with Gasteiger partial charge in [0.05, 0.1) is 30.3 Å². The number of nitrogens with one attached hydrogen (secondary N) is 1. The lowest BCUT2D eigenvalue weighted by Gasteiger charge is -2.09. The van der Waals surface area contributed by atoms with Gasteiger partial charge in [-0.3, -0.25) is 10.1 Å². The van der Waals surface area contributed by atoms with E-state index in [0.717, 1.165) is 6.07 Å². The molecule has 0 fully saturated rings. The van der Waals surface area contributed by atoms with Gasteiger partial charge in [-0.05, 0) is 0 Å². The molecule has 0 atom stereocenters. The molecule has 0 radical (unpaired) electrons. The zero-order valence-corrected chi connectivity index (χ0v) is 11.0. The van der Waals surface area contributed by atoms with Crippen LogP contribution in [0, 0.1) is 15.9 Å². The van der Waals surface area contributed by atoms with E-state index in [1.54, 1.807) is 17.0 Å². The predicted octanol–water partition coefficient (Wildman–Crippen LogP) is 2.09. The van der Waals surface area contributed by atoms with Gasteiger partial charge < -0.3 is 14.6 Å². The standard InChI is InChI=1S/C12H13FN4O3/c1-16-4-3-14-12(16)7-15-9-6-11(20-2)10(17(18)19)5-8(9)13/h3-6,15H,7H2,1-2H3. The van der Waals surface area contributed by atoms with Crippen LogP contribution in [0.15, 0.2) is 24.5 Å². The van der Waals surface area contributed by atoms with Gasteiger partial charge in [-0.15, -0.1) is 0 Å². The Bertz CT molecular complexity index is 642. The SMILES string of the molecule is COc1cc(NCc2nccn2C)c(F)cc1[N+](=O)[O-]. The maximum atomic E-state index is 13.8. The minimum Gasteiger partial charge on any atom is -0.490 e. The molecule has 0 unspecified atom stereocenters. The van der Waals surface area contributed by atoms with Crippen molar-refractivity contribution < 1.29 is 14.1 Å². The minimum absolute atomic E-state index is 0.00117. The molecule has 0 saturated heterocycles. The Morgan fingerprint density at radius 1 is 1.55 bits per heavy atom. The number of nitro benzene ring substituents is 1. The Balaban J connectivity index is 2.24. The van der Waals surface area contributed by atoms with Crippen LogP contribution in [0.3, 0.4) is 0 Å². The number of methoxy groups -OCH3 is 1. The monoisotopic (exact) mass is 280 g/mol. The fourth-order valence-corrected chi connectivity index (χ4v) is 1.73. The summed E-state index contributed by atoms with van der Waals surface area (Å²) in [4.78, 5) is 14.2. The number of halogens is 1. The molecule has 0 aliphatic carbocycles. The van der Waals surface area contributed by atoms with Gasteiger partial charge in [0, 0.05) is 25.5 Å². The zero-order valence-electron chi connectivity index (χ0n) is 11.0. The van der Waals surface area contributed by atoms with Crippen LogP contribution in [0.2, 0.25) is 0 Å². The number of aromatic nitrogens is 2. The third-order valence-corrected chi connectivity index (χ3v) is 2.82. The normalized spacial score (nSPS) is 10.3. The smallest absolute Gasteiger partial charge is 0.313 e. The van der Waals surface area contributed by atoms with E-state index in [1.165, 1.54) is 13.2 Å². The molecule has 106 valence electrons. The summed E-state index contributed by atoms with van der Waals surface area (Å²) >= 11 is 0. The van der Waals surface area contributed by atoms with E-state index >= 15 is 0 Å². The van der Waals surface area contributed by atoms with E-state index in [4.69, 9.17) is 4.74 Å². The van der Waals surface area contributed by atoms with Gasteiger partial charge >= 0.3 is 5.69 Å². The number of rotatable bonds is 5. The van der Waals surface area contributed by atoms with Crippen molar-refractivity contribution in [2.75, 3.05) is 12.4 Å². The molecule has 1 heterocycles. The summed E-state index contributed by atoms with van der Waals surface area (Å²) in [5, 5.41) is 13.6. The van der Waals surface area contributed by atoms with Crippen molar-refractivity contribution in [2.24, 2.45) is 7.05 Å². The Labute approximate surface area is 114 Å². The summed E-state index contributed by atoms with van der Waals surface area (Å²) in [6.07, 6.45) is 3.40. The van der Waals surface area contributed by atoms with Gasteiger partial charge in [-0.2, -0.15) is 0 Å². The Morgan fingerprint density at radius 2 is 2.30 bits per heavy atom. The number of nitro groups is 1. The minimum atomic E-state index is -0.716. The molecule has 2 rings (SSSR count). The summed E-state index contributed by atoms with van der Waals surface area (Å²) in [6, 6.07) is 2.09. The summed E-state index contributed by atoms with van der Waals surface area (Å²) in [7, 11) is 3.11. The summed E-state index contributed by atoms with van der Waals surface area (Å²) in [5.41, 5.74) is -0.289. The maximum Gasteiger partial charge on any atom is 0.313 e. The van der Waals surface area contributed by atoms with Crippen LogP contribution in [0.5, 0.6) is 5.75 Å². The van der Waals surface area contributed by atoms with Gasteiger partial charge in [0.15, 0.2) is 11.6 Å². The van der Waals surface area contributed by atoms with Gasteiger partial charge in [-0.1, -0.05) is 0 Å². The topological polar surface area (TPSA) is 82.2 Å². The molecular weight excluding hydrogens is 267 g/mol. The van der Waals surface area contributed by atoms with Gasteiger partial charge in [0.1, 0.15) is 5.82 Å². The molecule has 0 aliphatic rings. The lowest BCUT2D eigenvalue weighted by molar-refractivity contribution is -0.385. The highest BCUT2D eigenvalue weighted by Gasteiger charge is 2.19. The van der Waals surface area contributed by atoms with Crippen LogP contribution in [0.1, 0.15) is 5.82 Å². The third-order valence-electron chi connectivity index (χ3n) is 2.82. The van der Waals surface area contributed by atoms with Crippen molar-refractivity contribution in [3.63, 3.8) is 0 Å². The fraction of sp³-hybridized carbons (Fsp3) is 0.250. The van der Waals surface area contributed by atoms with Gasteiger partial charge in [0.25, 0.3) is 0 Å². The molecule has 0 aliphatic heterocycles. The molecule has 0 amide bonds. The summed E-state index contributed by atoms with van der Waals surface area (Å²) in [6.45, 7) is 0.293. The lowest BCUT2D eigenvalue weighted by atomic mass is 10.2. The van der Waals surface area contributed by atoms with Crippen molar-refractivity contribution in [3.8, 4) is 5.75 Å². The largest absolute Gasteiger partial charge is 0.490 e. The molecule has 1 aromatic carbocycles. The first-order valence-electron chi connectivity index (χ1n) is 5.75. The van der Waals surface area contributed by atoms with E-state index in [0.29, 0.717) is 12.4 Å². The molecule has 1 aromatic heterocycles. The van der Waals surface area contributed by atoms with Crippen LogP contribution < -0.4 is 10.1 Å². The second-order valence-electron chi connectivity index (χ2n) is 4.07. The molecule has 0 bridgehead atoms. The highest BCUT2D eigenvalue weighted by Crippen LogP contribution is 2.32. The maximum absolute atomic E-state index is 13.8. The van der Waals surface area contributed by atoms with Crippen LogP contribution in [0.25, 0.3) is 0 Å². The Morgan fingerprint density at radius 3 is 2.85 bits per heavy atom. The Kier molecular flexibility index (Phi) is 3.83. The molecule has 20 heavy (non-hydrogen) atoms. The van der Waals surface area contributed by atoms with Gasteiger partial charge in [-0.25, -0.2) is 9.37 Å². The highest BCUT2D eigenvalue weighted by atomic mass is 19.1.